The van der Waals surface area contributed by atoms with Crippen molar-refractivity contribution < 1.29 is 0 Å². The van der Waals surface area contributed by atoms with E-state index in [9.17, 15) is 0 Å². The van der Waals surface area contributed by atoms with Gasteiger partial charge in [-0.1, -0.05) is 6.07 Å². The maximum absolute atomic E-state index is 6.56. The lowest BCUT2D eigenvalue weighted by atomic mass is 9.91. The summed E-state index contributed by atoms with van der Waals surface area (Å²) in [6, 6.07) is 4.14. The molecule has 1 aromatic heterocycles. The average molecular weight is 249 g/mol. The highest BCUT2D eigenvalue weighted by molar-refractivity contribution is 6.22. The van der Waals surface area contributed by atoms with E-state index in [-0.39, 0.29) is 5.38 Å². The van der Waals surface area contributed by atoms with Crippen LogP contribution in [0.2, 0.25) is 0 Å². The molecule has 17 heavy (non-hydrogen) atoms. The van der Waals surface area contributed by atoms with Crippen LogP contribution in [0.1, 0.15) is 38.9 Å². The summed E-state index contributed by atoms with van der Waals surface area (Å²) in [7, 11) is 0. The number of halogens is 1. The number of benzene rings is 1. The predicted octanol–water partition coefficient (Wildman–Crippen LogP) is 3.97. The molecular formula is C14H17ClN2. The molecule has 2 nitrogen and oxygen atoms in total. The smallest absolute Gasteiger partial charge is 0.101 e. The van der Waals surface area contributed by atoms with Gasteiger partial charge in [-0.2, -0.15) is 5.10 Å². The summed E-state index contributed by atoms with van der Waals surface area (Å²) in [6.07, 6.45) is 1.73. The summed E-state index contributed by atoms with van der Waals surface area (Å²) in [5.41, 5.74) is 7.25. The van der Waals surface area contributed by atoms with Crippen molar-refractivity contribution in [2.24, 2.45) is 0 Å². The average Bonchev–Trinajstić information content (AvgIpc) is 2.80. The van der Waals surface area contributed by atoms with E-state index in [0.717, 1.165) is 5.69 Å². The van der Waals surface area contributed by atoms with Gasteiger partial charge < -0.3 is 0 Å². The summed E-state index contributed by atoms with van der Waals surface area (Å²) in [5, 5.41) is 6.75. The number of aromatic nitrogens is 2. The topological polar surface area (TPSA) is 28.7 Å². The molecule has 0 aliphatic rings. The molecule has 1 atom stereocenters. The van der Waals surface area contributed by atoms with E-state index in [1.165, 1.54) is 27.8 Å². The minimum atomic E-state index is -0.156. The molecule has 0 spiro atoms. The first-order chi connectivity index (χ1) is 8.02. The van der Waals surface area contributed by atoms with Crippen LogP contribution in [0, 0.1) is 27.7 Å². The van der Waals surface area contributed by atoms with Gasteiger partial charge in [0.05, 0.1) is 5.69 Å². The number of hydrogen-bond acceptors (Lipinski definition) is 1. The van der Waals surface area contributed by atoms with Gasteiger partial charge in [0.25, 0.3) is 0 Å². The van der Waals surface area contributed by atoms with Crippen molar-refractivity contribution in [3.8, 4) is 0 Å². The van der Waals surface area contributed by atoms with Crippen LogP contribution in [0.4, 0.5) is 0 Å². The van der Waals surface area contributed by atoms with Gasteiger partial charge in [0.2, 0.25) is 0 Å². The molecular weight excluding hydrogens is 232 g/mol. The molecule has 1 aromatic carbocycles. The molecule has 0 saturated heterocycles. The van der Waals surface area contributed by atoms with Crippen molar-refractivity contribution in [2.45, 2.75) is 33.1 Å². The van der Waals surface area contributed by atoms with Crippen LogP contribution in [0.15, 0.2) is 18.3 Å². The van der Waals surface area contributed by atoms with Gasteiger partial charge in [0.15, 0.2) is 0 Å². The normalized spacial score (nSPS) is 12.8. The van der Waals surface area contributed by atoms with Gasteiger partial charge in [-0.25, -0.2) is 0 Å². The number of nitrogens with zero attached hydrogens (tertiary/aromatic N) is 1. The Kier molecular flexibility index (Phi) is 3.25. The van der Waals surface area contributed by atoms with Crippen molar-refractivity contribution in [3.05, 3.63) is 51.8 Å². The lowest BCUT2D eigenvalue weighted by Crippen LogP contribution is -2.03. The molecule has 1 unspecified atom stereocenters. The fraction of sp³-hybridized carbons (Fsp3) is 0.357. The zero-order chi connectivity index (χ0) is 12.6. The lowest BCUT2D eigenvalue weighted by molar-refractivity contribution is 0.955. The third kappa shape index (κ3) is 2.09. The molecule has 0 aliphatic carbocycles. The highest BCUT2D eigenvalue weighted by Gasteiger charge is 2.19. The molecule has 2 rings (SSSR count). The molecule has 0 fully saturated rings. The van der Waals surface area contributed by atoms with Crippen molar-refractivity contribution in [2.75, 3.05) is 0 Å². The number of aromatic amines is 1. The second-order valence-corrected chi connectivity index (χ2v) is 4.99. The Morgan fingerprint density at radius 1 is 1.12 bits per heavy atom. The number of hydrogen-bond donors (Lipinski definition) is 1. The highest BCUT2D eigenvalue weighted by atomic mass is 35.5. The predicted molar refractivity (Wildman–Crippen MR) is 71.7 cm³/mol. The van der Waals surface area contributed by atoms with Crippen molar-refractivity contribution in [1.82, 2.24) is 10.2 Å². The second-order valence-electron chi connectivity index (χ2n) is 4.55. The van der Waals surface area contributed by atoms with E-state index in [4.69, 9.17) is 11.6 Å². The molecule has 0 saturated carbocycles. The van der Waals surface area contributed by atoms with Crippen LogP contribution in [0.5, 0.6) is 0 Å². The maximum Gasteiger partial charge on any atom is 0.101 e. The third-order valence-electron chi connectivity index (χ3n) is 3.47. The van der Waals surface area contributed by atoms with Crippen molar-refractivity contribution >= 4 is 11.6 Å². The molecule has 0 radical (unpaired) electrons. The number of H-pyrrole nitrogens is 1. The van der Waals surface area contributed by atoms with Crippen LogP contribution in [0.3, 0.4) is 0 Å². The zero-order valence-electron chi connectivity index (χ0n) is 10.6. The van der Waals surface area contributed by atoms with Gasteiger partial charge in [-0.3, -0.25) is 5.10 Å². The Bertz CT molecular complexity index is 503. The SMILES string of the molecule is Cc1cc(C)c(C)c(C(Cl)c2ccn[nH]2)c1C. The van der Waals surface area contributed by atoms with Crippen LogP contribution in [-0.4, -0.2) is 10.2 Å². The molecule has 3 heteroatoms. The number of aryl methyl sites for hydroxylation is 2. The first kappa shape index (κ1) is 12.2. The summed E-state index contributed by atoms with van der Waals surface area (Å²) in [4.78, 5) is 0. The largest absolute Gasteiger partial charge is 0.281 e. The molecule has 1 heterocycles. The summed E-state index contributed by atoms with van der Waals surface area (Å²) >= 11 is 6.56. The fourth-order valence-electron chi connectivity index (χ4n) is 2.19. The third-order valence-corrected chi connectivity index (χ3v) is 3.93. The molecule has 0 amide bonds. The first-order valence-corrected chi connectivity index (χ1v) is 6.16. The van der Waals surface area contributed by atoms with Gasteiger partial charge in [-0.05, 0) is 61.6 Å². The Hall–Kier alpha value is -1.28. The maximum atomic E-state index is 6.56. The van der Waals surface area contributed by atoms with Gasteiger partial charge in [0, 0.05) is 6.20 Å². The summed E-state index contributed by atoms with van der Waals surface area (Å²) < 4.78 is 0. The van der Waals surface area contributed by atoms with Crippen LogP contribution in [-0.2, 0) is 0 Å². The second kappa shape index (κ2) is 4.53. The Morgan fingerprint density at radius 3 is 2.18 bits per heavy atom. The van der Waals surface area contributed by atoms with Gasteiger partial charge in [0.1, 0.15) is 5.38 Å². The van der Waals surface area contributed by atoms with Gasteiger partial charge in [-0.15, -0.1) is 11.6 Å². The lowest BCUT2D eigenvalue weighted by Gasteiger charge is -2.18. The van der Waals surface area contributed by atoms with E-state index in [2.05, 4.69) is 44.0 Å². The van der Waals surface area contributed by atoms with Crippen LogP contribution >= 0.6 is 11.6 Å². The number of rotatable bonds is 2. The zero-order valence-corrected chi connectivity index (χ0v) is 11.4. The van der Waals surface area contributed by atoms with Crippen molar-refractivity contribution in [1.29, 1.82) is 0 Å². The van der Waals surface area contributed by atoms with E-state index in [0.29, 0.717) is 0 Å². The van der Waals surface area contributed by atoms with E-state index < -0.39 is 0 Å². The number of alkyl halides is 1. The number of nitrogens with one attached hydrogen (secondary N) is 1. The molecule has 2 aromatic rings. The molecule has 0 bridgehead atoms. The minimum Gasteiger partial charge on any atom is -0.281 e. The Labute approximate surface area is 107 Å². The molecule has 1 N–H and O–H groups in total. The van der Waals surface area contributed by atoms with Crippen LogP contribution < -0.4 is 0 Å². The fourth-order valence-corrected chi connectivity index (χ4v) is 2.64. The first-order valence-electron chi connectivity index (χ1n) is 5.73. The molecule has 0 aliphatic heterocycles. The summed E-state index contributed by atoms with van der Waals surface area (Å²) in [5.74, 6) is 0. The van der Waals surface area contributed by atoms with Crippen LogP contribution in [0.25, 0.3) is 0 Å². The minimum absolute atomic E-state index is 0.156. The molecule has 90 valence electrons. The standard InChI is InChI=1S/C14H17ClN2/c1-8-7-9(2)11(4)13(10(8)3)14(15)12-5-6-16-17-12/h5-7,14H,1-4H3,(H,16,17). The van der Waals surface area contributed by atoms with E-state index >= 15 is 0 Å². The monoisotopic (exact) mass is 248 g/mol. The van der Waals surface area contributed by atoms with E-state index in [1.807, 2.05) is 6.07 Å². The Balaban J connectivity index is 2.59. The van der Waals surface area contributed by atoms with E-state index in [1.54, 1.807) is 6.20 Å². The van der Waals surface area contributed by atoms with Gasteiger partial charge >= 0.3 is 0 Å². The highest BCUT2D eigenvalue weighted by Crippen LogP contribution is 2.34. The van der Waals surface area contributed by atoms with Crippen molar-refractivity contribution in [3.63, 3.8) is 0 Å². The summed E-state index contributed by atoms with van der Waals surface area (Å²) in [6.45, 7) is 8.51. The quantitative estimate of drug-likeness (QED) is 0.801. The Morgan fingerprint density at radius 2 is 1.71 bits per heavy atom.